The maximum absolute atomic E-state index is 10.3. The van der Waals surface area contributed by atoms with Crippen LogP contribution in [0.2, 0.25) is 0 Å². The highest BCUT2D eigenvalue weighted by molar-refractivity contribution is 5.77. The van der Waals surface area contributed by atoms with Gasteiger partial charge in [0.25, 0.3) is 0 Å². The highest BCUT2D eigenvalue weighted by Gasteiger charge is 1.90. The molecule has 2 nitrogen and oxygen atoms in total. The van der Waals surface area contributed by atoms with Crippen molar-refractivity contribution in [3.63, 3.8) is 0 Å². The van der Waals surface area contributed by atoms with Crippen LogP contribution >= 0.6 is 0 Å². The molecule has 1 N–H and O–H groups in total. The van der Waals surface area contributed by atoms with Crippen molar-refractivity contribution in [2.75, 3.05) is 5.32 Å². The molecular weight excluding hydrogens is 138 g/mol. The topological polar surface area (TPSA) is 29.1 Å². The first-order valence-corrected chi connectivity index (χ1v) is 3.13. The van der Waals surface area contributed by atoms with Crippen molar-refractivity contribution >= 4 is 12.0 Å². The lowest BCUT2D eigenvalue weighted by molar-refractivity contribution is 0.112. The summed E-state index contributed by atoms with van der Waals surface area (Å²) in [4.78, 5) is 10.3. The molecule has 54 valence electrons. The Balaban J connectivity index is 2.93. The van der Waals surface area contributed by atoms with Crippen molar-refractivity contribution in [3.05, 3.63) is 29.8 Å². The van der Waals surface area contributed by atoms with Crippen LogP contribution in [0.5, 0.6) is 0 Å². The number of nitrogens with one attached hydrogen (secondary N) is 1. The molecule has 0 amide bonds. The lowest BCUT2D eigenvalue weighted by atomic mass is 10.2. The van der Waals surface area contributed by atoms with Gasteiger partial charge in [0.2, 0.25) is 0 Å². The molecule has 0 radical (unpaired) electrons. The first kappa shape index (κ1) is 7.36. The van der Waals surface area contributed by atoms with Gasteiger partial charge in [-0.1, -0.05) is 18.6 Å². The van der Waals surface area contributed by atoms with E-state index in [1.807, 2.05) is 0 Å². The van der Waals surface area contributed by atoms with E-state index in [1.54, 1.807) is 24.3 Å². The molecule has 0 spiro atoms. The van der Waals surface area contributed by atoms with Crippen molar-refractivity contribution in [1.82, 2.24) is 0 Å². The van der Waals surface area contributed by atoms with Crippen molar-refractivity contribution in [2.45, 2.75) is 0 Å². The molecule has 0 heterocycles. The summed E-state index contributed by atoms with van der Waals surface area (Å²) >= 11 is 0. The number of hydrogen-bond acceptors (Lipinski definition) is 2. The fourth-order valence-corrected chi connectivity index (χ4v) is 0.773. The predicted molar refractivity (Wildman–Crippen MR) is 44.3 cm³/mol. The molecule has 0 saturated heterocycles. The first-order chi connectivity index (χ1) is 5.36. The maximum atomic E-state index is 10.3. The zero-order valence-corrected chi connectivity index (χ0v) is 5.87. The molecule has 0 aromatic heterocycles. The molecule has 0 saturated carbocycles. The van der Waals surface area contributed by atoms with Gasteiger partial charge in [0.05, 0.1) is 0 Å². The molecule has 0 bridgehead atoms. The van der Waals surface area contributed by atoms with Crippen LogP contribution in [0.3, 0.4) is 0 Å². The van der Waals surface area contributed by atoms with Gasteiger partial charge < -0.3 is 5.32 Å². The van der Waals surface area contributed by atoms with E-state index in [-0.39, 0.29) is 0 Å². The number of rotatable bonds is 2. The largest absolute Gasteiger partial charge is 0.315 e. The molecule has 11 heavy (non-hydrogen) atoms. The SMILES string of the molecule is C#CNc1cccc(C=O)c1. The Labute approximate surface area is 65.2 Å². The fraction of sp³-hybridized carbons (Fsp3) is 0. The number of hydrogen-bond donors (Lipinski definition) is 1. The van der Waals surface area contributed by atoms with Crippen molar-refractivity contribution in [1.29, 1.82) is 0 Å². The van der Waals surface area contributed by atoms with Crippen molar-refractivity contribution < 1.29 is 4.79 Å². The highest BCUT2D eigenvalue weighted by atomic mass is 16.1. The van der Waals surface area contributed by atoms with E-state index >= 15 is 0 Å². The molecule has 0 fully saturated rings. The van der Waals surface area contributed by atoms with Crippen molar-refractivity contribution in [3.8, 4) is 12.5 Å². The van der Waals surface area contributed by atoms with Crippen LogP contribution in [-0.2, 0) is 0 Å². The van der Waals surface area contributed by atoms with Gasteiger partial charge in [-0.05, 0) is 12.1 Å². The summed E-state index contributed by atoms with van der Waals surface area (Å²) in [5, 5.41) is 2.65. The monoisotopic (exact) mass is 145 g/mol. The number of anilines is 1. The zero-order chi connectivity index (χ0) is 8.10. The first-order valence-electron chi connectivity index (χ1n) is 3.13. The third-order valence-corrected chi connectivity index (χ3v) is 1.24. The Morgan fingerprint density at radius 3 is 3.00 bits per heavy atom. The highest BCUT2D eigenvalue weighted by Crippen LogP contribution is 2.07. The van der Waals surface area contributed by atoms with E-state index < -0.39 is 0 Å². The molecule has 1 aromatic carbocycles. The quantitative estimate of drug-likeness (QED) is 0.388. The minimum atomic E-state index is 0.616. The Hall–Kier alpha value is -1.75. The van der Waals surface area contributed by atoms with Gasteiger partial charge in [0.15, 0.2) is 0 Å². The molecule has 0 aliphatic heterocycles. The summed E-state index contributed by atoms with van der Waals surface area (Å²) in [7, 11) is 0. The molecule has 0 aliphatic rings. The van der Waals surface area contributed by atoms with E-state index in [0.717, 1.165) is 12.0 Å². The smallest absolute Gasteiger partial charge is 0.150 e. The summed E-state index contributed by atoms with van der Waals surface area (Å²) in [5.74, 6) is 0. The zero-order valence-electron chi connectivity index (χ0n) is 5.87. The fourth-order valence-electron chi connectivity index (χ4n) is 0.773. The summed E-state index contributed by atoms with van der Waals surface area (Å²) < 4.78 is 0. The molecule has 0 unspecified atom stereocenters. The summed E-state index contributed by atoms with van der Waals surface area (Å²) in [6.07, 6.45) is 5.78. The van der Waals surface area contributed by atoms with Crippen LogP contribution in [0, 0.1) is 12.5 Å². The van der Waals surface area contributed by atoms with Gasteiger partial charge in [-0.3, -0.25) is 4.79 Å². The van der Waals surface area contributed by atoms with Gasteiger partial charge in [-0.25, -0.2) is 0 Å². The minimum absolute atomic E-state index is 0.616. The Bertz CT molecular complexity index is 299. The number of terminal acetylenes is 1. The van der Waals surface area contributed by atoms with E-state index in [4.69, 9.17) is 6.42 Å². The van der Waals surface area contributed by atoms with E-state index in [1.165, 1.54) is 0 Å². The molecular formula is C9H7NO. The molecule has 1 rings (SSSR count). The molecule has 0 atom stereocenters. The second-order valence-corrected chi connectivity index (χ2v) is 2.01. The molecule has 0 aliphatic carbocycles. The summed E-state index contributed by atoms with van der Waals surface area (Å²) in [6, 6.07) is 9.24. The van der Waals surface area contributed by atoms with Gasteiger partial charge >= 0.3 is 0 Å². The third kappa shape index (κ3) is 1.84. The number of carbonyl (C=O) groups is 1. The molecule has 1 aromatic rings. The van der Waals surface area contributed by atoms with E-state index in [9.17, 15) is 4.79 Å². The van der Waals surface area contributed by atoms with E-state index in [0.29, 0.717) is 5.56 Å². The van der Waals surface area contributed by atoms with Gasteiger partial charge in [0, 0.05) is 17.3 Å². The lowest BCUT2D eigenvalue weighted by Gasteiger charge is -1.96. The van der Waals surface area contributed by atoms with Crippen LogP contribution in [0.15, 0.2) is 24.3 Å². The minimum Gasteiger partial charge on any atom is -0.315 e. The Morgan fingerprint density at radius 1 is 1.55 bits per heavy atom. The second kappa shape index (κ2) is 3.43. The van der Waals surface area contributed by atoms with Crippen LogP contribution in [0.4, 0.5) is 5.69 Å². The number of carbonyl (C=O) groups excluding carboxylic acids is 1. The van der Waals surface area contributed by atoms with Crippen LogP contribution in [-0.4, -0.2) is 6.29 Å². The standard InChI is InChI=1S/C9H7NO/c1-2-10-9-5-3-4-8(6-9)7-11/h1,3-7,10H. The van der Waals surface area contributed by atoms with Crippen molar-refractivity contribution in [2.24, 2.45) is 0 Å². The normalized spacial score (nSPS) is 8.27. The Kier molecular flexibility index (Phi) is 2.29. The maximum Gasteiger partial charge on any atom is 0.150 e. The third-order valence-electron chi connectivity index (χ3n) is 1.24. The average Bonchev–Trinajstić information content (AvgIpc) is 2.06. The average molecular weight is 145 g/mol. The van der Waals surface area contributed by atoms with Crippen LogP contribution in [0.1, 0.15) is 10.4 Å². The van der Waals surface area contributed by atoms with Gasteiger partial charge in [-0.15, -0.1) is 0 Å². The predicted octanol–water partition coefficient (Wildman–Crippen LogP) is 1.50. The lowest BCUT2D eigenvalue weighted by Crippen LogP contribution is -1.88. The van der Waals surface area contributed by atoms with Gasteiger partial charge in [-0.2, -0.15) is 0 Å². The molecule has 2 heteroatoms. The number of aldehydes is 1. The van der Waals surface area contributed by atoms with Crippen LogP contribution in [0.25, 0.3) is 0 Å². The van der Waals surface area contributed by atoms with Crippen LogP contribution < -0.4 is 5.32 Å². The van der Waals surface area contributed by atoms with Gasteiger partial charge in [0.1, 0.15) is 6.29 Å². The number of benzene rings is 1. The van der Waals surface area contributed by atoms with E-state index in [2.05, 4.69) is 11.4 Å². The summed E-state index contributed by atoms with van der Waals surface area (Å²) in [5.41, 5.74) is 1.38. The summed E-state index contributed by atoms with van der Waals surface area (Å²) in [6.45, 7) is 0. The Morgan fingerprint density at radius 2 is 2.36 bits per heavy atom. The second-order valence-electron chi connectivity index (χ2n) is 2.01.